The fraction of sp³-hybridized carbons (Fsp3) is 0. The fourth-order valence-corrected chi connectivity index (χ4v) is 3.53. The largest absolute Gasteiger partial charge is 0.453 e. The third-order valence-corrected chi connectivity index (χ3v) is 4.96. The van der Waals surface area contributed by atoms with Gasteiger partial charge in [-0.1, -0.05) is 12.1 Å². The van der Waals surface area contributed by atoms with Crippen LogP contribution in [0, 0.1) is 0 Å². The molecule has 2 aromatic carbocycles. The predicted octanol–water partition coefficient (Wildman–Crippen LogP) is 1.44. The lowest BCUT2D eigenvalue weighted by molar-refractivity contribution is 0.482. The Balaban J connectivity index is 2.67. The zero-order chi connectivity index (χ0) is 17.0. The lowest BCUT2D eigenvalue weighted by Gasteiger charge is -2.07. The molecule has 3 aromatic rings. The minimum absolute atomic E-state index is 0.153. The molecule has 0 radical (unpaired) electrons. The molecule has 10 heteroatoms. The maximum Gasteiger partial charge on any atom is 0.298 e. The van der Waals surface area contributed by atoms with Crippen molar-refractivity contribution in [2.75, 3.05) is 0 Å². The normalized spacial score (nSPS) is 12.8. The van der Waals surface area contributed by atoms with Crippen molar-refractivity contribution >= 4 is 42.2 Å². The van der Waals surface area contributed by atoms with Crippen LogP contribution in [0.25, 0.3) is 21.9 Å². The molecule has 0 saturated heterocycles. The Morgan fingerprint density at radius 2 is 1.13 bits per heavy atom. The maximum absolute atomic E-state index is 12.4. The van der Waals surface area contributed by atoms with Gasteiger partial charge in [0.25, 0.3) is 20.2 Å². The summed E-state index contributed by atoms with van der Waals surface area (Å²) in [5.74, 6) is 0. The first-order valence-corrected chi connectivity index (χ1v) is 8.92. The number of benzene rings is 2. The molecule has 0 unspecified atom stereocenters. The van der Waals surface area contributed by atoms with Crippen LogP contribution in [-0.4, -0.2) is 25.9 Å². The monoisotopic (exact) mass is 356 g/mol. The predicted molar refractivity (Wildman–Crippen MR) is 79.6 cm³/mol. The summed E-state index contributed by atoms with van der Waals surface area (Å²) in [5.41, 5.74) is -1.69. The molecule has 0 atom stereocenters. The Kier molecular flexibility index (Phi) is 3.30. The SMILES string of the molecule is O=c1c2cccc(S(=O)(=O)O)c2oc2c(S(=O)(=O)O)cccc12. The van der Waals surface area contributed by atoms with Gasteiger partial charge >= 0.3 is 0 Å². The van der Waals surface area contributed by atoms with Crippen molar-refractivity contribution in [1.82, 2.24) is 0 Å². The van der Waals surface area contributed by atoms with E-state index >= 15 is 0 Å². The Morgan fingerprint density at radius 1 is 0.739 bits per heavy atom. The van der Waals surface area contributed by atoms with Crippen LogP contribution in [0.1, 0.15) is 0 Å². The Morgan fingerprint density at radius 3 is 1.48 bits per heavy atom. The first-order chi connectivity index (χ1) is 10.6. The molecule has 3 rings (SSSR count). The van der Waals surface area contributed by atoms with Gasteiger partial charge in [0, 0.05) is 0 Å². The van der Waals surface area contributed by atoms with E-state index in [1.165, 1.54) is 24.3 Å². The number of fused-ring (bicyclic) bond motifs is 2. The van der Waals surface area contributed by atoms with Crippen molar-refractivity contribution in [3.8, 4) is 0 Å². The molecule has 1 heterocycles. The molecule has 120 valence electrons. The van der Waals surface area contributed by atoms with Gasteiger partial charge in [0.1, 0.15) is 9.79 Å². The molecule has 0 spiro atoms. The average molecular weight is 356 g/mol. The number of para-hydroxylation sites is 2. The zero-order valence-corrected chi connectivity index (χ0v) is 12.8. The lowest BCUT2D eigenvalue weighted by atomic mass is 10.1. The van der Waals surface area contributed by atoms with Crippen molar-refractivity contribution in [3.63, 3.8) is 0 Å². The summed E-state index contributed by atoms with van der Waals surface area (Å²) in [6.07, 6.45) is 0. The molecule has 1 aromatic heterocycles. The summed E-state index contributed by atoms with van der Waals surface area (Å²) in [6.45, 7) is 0. The van der Waals surface area contributed by atoms with Crippen LogP contribution >= 0.6 is 0 Å². The third kappa shape index (κ3) is 2.51. The quantitative estimate of drug-likeness (QED) is 0.519. The van der Waals surface area contributed by atoms with Crippen LogP contribution in [0.3, 0.4) is 0 Å². The molecule has 0 aliphatic carbocycles. The maximum atomic E-state index is 12.4. The smallest absolute Gasteiger partial charge is 0.298 e. The fourth-order valence-electron chi connectivity index (χ4n) is 2.25. The van der Waals surface area contributed by atoms with Crippen molar-refractivity contribution in [1.29, 1.82) is 0 Å². The Labute approximate surface area is 129 Å². The second-order valence-electron chi connectivity index (χ2n) is 4.65. The van der Waals surface area contributed by atoms with Gasteiger partial charge in [-0.2, -0.15) is 16.8 Å². The molecule has 0 bridgehead atoms. The summed E-state index contributed by atoms with van der Waals surface area (Å²) in [6, 6.07) is 7.03. The van der Waals surface area contributed by atoms with Crippen LogP contribution < -0.4 is 5.43 Å². The van der Waals surface area contributed by atoms with Gasteiger partial charge in [0.15, 0.2) is 11.2 Å². The standard InChI is InChI=1S/C13H8O8S2/c14-11-7-3-1-5-9(22(15,16)17)12(7)21-13-8(11)4-2-6-10(13)23(18,19)20/h1-6H,(H,15,16,17)(H,18,19,20). The number of hydrogen-bond donors (Lipinski definition) is 2. The van der Waals surface area contributed by atoms with Crippen molar-refractivity contribution in [2.24, 2.45) is 0 Å². The Hall–Kier alpha value is -2.27. The first-order valence-electron chi connectivity index (χ1n) is 6.04. The second-order valence-corrected chi connectivity index (χ2v) is 7.43. The van der Waals surface area contributed by atoms with Crippen LogP contribution in [0.5, 0.6) is 0 Å². The molecule has 0 amide bonds. The van der Waals surface area contributed by atoms with E-state index in [0.717, 1.165) is 12.1 Å². The van der Waals surface area contributed by atoms with E-state index in [4.69, 9.17) is 4.42 Å². The number of hydrogen-bond acceptors (Lipinski definition) is 6. The van der Waals surface area contributed by atoms with E-state index in [-0.39, 0.29) is 10.8 Å². The zero-order valence-electron chi connectivity index (χ0n) is 11.1. The van der Waals surface area contributed by atoms with Crippen molar-refractivity contribution < 1.29 is 30.4 Å². The van der Waals surface area contributed by atoms with Gasteiger partial charge in [-0.3, -0.25) is 13.9 Å². The highest BCUT2D eigenvalue weighted by Crippen LogP contribution is 2.28. The second kappa shape index (κ2) is 4.86. The van der Waals surface area contributed by atoms with Gasteiger partial charge in [-0.05, 0) is 24.3 Å². The molecule has 8 nitrogen and oxygen atoms in total. The summed E-state index contributed by atoms with van der Waals surface area (Å²) in [5, 5.41) is -0.305. The molecule has 23 heavy (non-hydrogen) atoms. The summed E-state index contributed by atoms with van der Waals surface area (Å²) < 4.78 is 69.3. The van der Waals surface area contributed by atoms with E-state index in [9.17, 15) is 30.7 Å². The van der Waals surface area contributed by atoms with E-state index in [1.807, 2.05) is 0 Å². The number of rotatable bonds is 2. The van der Waals surface area contributed by atoms with Gasteiger partial charge < -0.3 is 4.42 Å². The molecule has 0 aliphatic heterocycles. The van der Waals surface area contributed by atoms with Gasteiger partial charge in [0.05, 0.1) is 10.8 Å². The van der Waals surface area contributed by atoms with Gasteiger partial charge in [-0.25, -0.2) is 0 Å². The molecule has 0 fully saturated rings. The minimum atomic E-state index is -4.71. The molecular weight excluding hydrogens is 348 g/mol. The van der Waals surface area contributed by atoms with Crippen molar-refractivity contribution in [3.05, 3.63) is 46.6 Å². The van der Waals surface area contributed by atoms with E-state index in [2.05, 4.69) is 0 Å². The van der Waals surface area contributed by atoms with E-state index < -0.39 is 46.6 Å². The van der Waals surface area contributed by atoms with Crippen LogP contribution in [0.15, 0.2) is 55.4 Å². The highest BCUT2D eigenvalue weighted by atomic mass is 32.2. The highest BCUT2D eigenvalue weighted by molar-refractivity contribution is 7.86. The molecule has 0 aliphatic rings. The van der Waals surface area contributed by atoms with Crippen molar-refractivity contribution in [2.45, 2.75) is 9.79 Å². The summed E-state index contributed by atoms with van der Waals surface area (Å²) in [7, 11) is -9.42. The summed E-state index contributed by atoms with van der Waals surface area (Å²) >= 11 is 0. The summed E-state index contributed by atoms with van der Waals surface area (Å²) in [4.78, 5) is 11.1. The topological polar surface area (TPSA) is 139 Å². The van der Waals surface area contributed by atoms with Crippen LogP contribution in [-0.2, 0) is 20.2 Å². The van der Waals surface area contributed by atoms with E-state index in [0.29, 0.717) is 0 Å². The third-order valence-electron chi connectivity index (χ3n) is 3.21. The Bertz CT molecular complexity index is 1130. The molecule has 2 N–H and O–H groups in total. The van der Waals surface area contributed by atoms with Gasteiger partial charge in [-0.15, -0.1) is 0 Å². The highest BCUT2D eigenvalue weighted by Gasteiger charge is 2.22. The first kappa shape index (κ1) is 15.6. The van der Waals surface area contributed by atoms with E-state index in [1.54, 1.807) is 0 Å². The van der Waals surface area contributed by atoms with Gasteiger partial charge in [0.2, 0.25) is 5.43 Å². The van der Waals surface area contributed by atoms with Crippen LogP contribution in [0.2, 0.25) is 0 Å². The minimum Gasteiger partial charge on any atom is -0.453 e. The lowest BCUT2D eigenvalue weighted by Crippen LogP contribution is -2.08. The molecule has 0 saturated carbocycles. The molecular formula is C13H8O8S2. The average Bonchev–Trinajstić information content (AvgIpc) is 2.44. The van der Waals surface area contributed by atoms with Crippen LogP contribution in [0.4, 0.5) is 0 Å².